The summed E-state index contributed by atoms with van der Waals surface area (Å²) in [5.74, 6) is 1.01. The predicted octanol–water partition coefficient (Wildman–Crippen LogP) is 4.96. The lowest BCUT2D eigenvalue weighted by atomic mass is 10.0. The van der Waals surface area contributed by atoms with E-state index < -0.39 is 15.1 Å². The lowest BCUT2D eigenvalue weighted by Crippen LogP contribution is -2.44. The van der Waals surface area contributed by atoms with Crippen molar-refractivity contribution in [3.8, 4) is 0 Å². The molecule has 0 atom stereocenters. The minimum Gasteiger partial charge on any atom is -0.369 e. The van der Waals surface area contributed by atoms with E-state index in [9.17, 15) is 8.42 Å². The van der Waals surface area contributed by atoms with E-state index in [0.29, 0.717) is 28.8 Å². The second-order valence-corrected chi connectivity index (χ2v) is 12.4. The van der Waals surface area contributed by atoms with Gasteiger partial charge < -0.3 is 15.1 Å². The summed E-state index contributed by atoms with van der Waals surface area (Å²) >= 11 is 6.41. The fraction of sp³-hybridized carbons (Fsp3) is 0.407. The van der Waals surface area contributed by atoms with Crippen LogP contribution in [0.5, 0.6) is 0 Å². The van der Waals surface area contributed by atoms with Crippen LogP contribution in [-0.2, 0) is 22.7 Å². The Labute approximate surface area is 219 Å². The first-order valence-corrected chi connectivity index (χ1v) is 14.3. The van der Waals surface area contributed by atoms with E-state index in [4.69, 9.17) is 11.6 Å². The fourth-order valence-electron chi connectivity index (χ4n) is 4.32. The maximum atomic E-state index is 12.9. The van der Waals surface area contributed by atoms with Gasteiger partial charge in [-0.15, -0.1) is 0 Å². The average molecular weight is 528 g/mol. The molecule has 1 saturated heterocycles. The molecule has 3 aromatic rings. The Morgan fingerprint density at radius 2 is 1.78 bits per heavy atom. The topological polar surface area (TPSA) is 78.4 Å². The Bertz CT molecular complexity index is 1320. The molecule has 192 valence electrons. The molecule has 1 N–H and O–H groups in total. The number of halogens is 1. The Morgan fingerprint density at radius 1 is 1.06 bits per heavy atom. The molecule has 2 aromatic carbocycles. The third kappa shape index (κ3) is 5.82. The summed E-state index contributed by atoms with van der Waals surface area (Å²) in [6.07, 6.45) is 3.04. The molecule has 7 nitrogen and oxygen atoms in total. The average Bonchev–Trinajstić information content (AvgIpc) is 2.87. The molecule has 1 aromatic heterocycles. The number of rotatable bonds is 8. The fourth-order valence-corrected chi connectivity index (χ4v) is 5.66. The number of aromatic nitrogens is 2. The van der Waals surface area contributed by atoms with E-state index >= 15 is 0 Å². The van der Waals surface area contributed by atoms with Crippen molar-refractivity contribution in [2.45, 2.75) is 43.8 Å². The minimum atomic E-state index is -3.48. The molecule has 1 aliphatic heterocycles. The summed E-state index contributed by atoms with van der Waals surface area (Å²) < 4.78 is 25.7. The molecule has 1 aliphatic rings. The van der Waals surface area contributed by atoms with Crippen LogP contribution in [0.1, 0.15) is 37.7 Å². The minimum absolute atomic E-state index is 0.226. The van der Waals surface area contributed by atoms with Crippen molar-refractivity contribution < 1.29 is 8.42 Å². The van der Waals surface area contributed by atoms with Gasteiger partial charge in [-0.25, -0.2) is 18.4 Å². The standard InChI is InChI=1S/C27H34ClN5O2S/c1-5-20-16-22(33-14-12-32(4)13-15-33)11-10-21(20)17-26-29-18-23(28)27(31-26)30-24-8-6-7-9-25(24)36(34,35)19(2)3/h6-11,16,18-19H,5,12-15,17H2,1-4H3,(H,29,30,31). The monoisotopic (exact) mass is 527 g/mol. The number of para-hydroxylation sites is 1. The van der Waals surface area contributed by atoms with Gasteiger partial charge in [-0.3, -0.25) is 0 Å². The molecule has 2 heterocycles. The molecule has 4 rings (SSSR count). The van der Waals surface area contributed by atoms with Crippen LogP contribution in [0.3, 0.4) is 0 Å². The van der Waals surface area contributed by atoms with Gasteiger partial charge in [0.1, 0.15) is 10.8 Å². The number of benzene rings is 2. The normalized spacial score (nSPS) is 14.9. The van der Waals surface area contributed by atoms with Crippen LogP contribution >= 0.6 is 11.6 Å². The lowest BCUT2D eigenvalue weighted by molar-refractivity contribution is 0.313. The summed E-state index contributed by atoms with van der Waals surface area (Å²) in [6, 6.07) is 13.5. The predicted molar refractivity (Wildman–Crippen MR) is 147 cm³/mol. The van der Waals surface area contributed by atoms with Gasteiger partial charge in [0.25, 0.3) is 0 Å². The number of hydrogen-bond donors (Lipinski definition) is 1. The van der Waals surface area contributed by atoms with Gasteiger partial charge in [-0.2, -0.15) is 0 Å². The Hall–Kier alpha value is -2.68. The lowest BCUT2D eigenvalue weighted by Gasteiger charge is -2.34. The molecule has 9 heteroatoms. The number of aryl methyl sites for hydroxylation is 1. The molecule has 0 unspecified atom stereocenters. The van der Waals surface area contributed by atoms with Gasteiger partial charge in [-0.05, 0) is 62.7 Å². The number of likely N-dealkylation sites (N-methyl/N-ethyl adjacent to an activating group) is 1. The van der Waals surface area contributed by atoms with Crippen LogP contribution in [0, 0.1) is 0 Å². The van der Waals surface area contributed by atoms with Crippen molar-refractivity contribution in [1.82, 2.24) is 14.9 Å². The first kappa shape index (κ1) is 26.4. The second kappa shape index (κ2) is 11.2. The molecule has 0 amide bonds. The van der Waals surface area contributed by atoms with E-state index in [0.717, 1.165) is 32.6 Å². The van der Waals surface area contributed by atoms with Crippen LogP contribution in [0.25, 0.3) is 0 Å². The molecule has 0 radical (unpaired) electrons. The smallest absolute Gasteiger partial charge is 0.182 e. The molecular formula is C27H34ClN5O2S. The van der Waals surface area contributed by atoms with Gasteiger partial charge in [0.05, 0.1) is 22.0 Å². The molecule has 1 fully saturated rings. The van der Waals surface area contributed by atoms with Crippen LogP contribution in [-0.4, -0.2) is 61.8 Å². The zero-order valence-electron chi connectivity index (χ0n) is 21.3. The quantitative estimate of drug-likeness (QED) is 0.443. The number of nitrogens with one attached hydrogen (secondary N) is 1. The van der Waals surface area contributed by atoms with Crippen LogP contribution in [0.15, 0.2) is 53.6 Å². The summed E-state index contributed by atoms with van der Waals surface area (Å²) in [5, 5.41) is 2.93. The highest BCUT2D eigenvalue weighted by molar-refractivity contribution is 7.92. The number of anilines is 3. The van der Waals surface area contributed by atoms with Gasteiger partial charge in [0.2, 0.25) is 0 Å². The molecule has 0 bridgehead atoms. The van der Waals surface area contributed by atoms with Gasteiger partial charge in [0.15, 0.2) is 15.7 Å². The van der Waals surface area contributed by atoms with Crippen molar-refractivity contribution in [1.29, 1.82) is 0 Å². The van der Waals surface area contributed by atoms with E-state index in [1.165, 1.54) is 16.8 Å². The number of sulfone groups is 1. The molecule has 0 saturated carbocycles. The third-order valence-electron chi connectivity index (χ3n) is 6.65. The van der Waals surface area contributed by atoms with Crippen molar-refractivity contribution in [3.05, 3.63) is 70.6 Å². The third-order valence-corrected chi connectivity index (χ3v) is 9.14. The number of hydrogen-bond acceptors (Lipinski definition) is 7. The van der Waals surface area contributed by atoms with Crippen molar-refractivity contribution in [2.24, 2.45) is 0 Å². The zero-order chi connectivity index (χ0) is 25.9. The Morgan fingerprint density at radius 3 is 2.47 bits per heavy atom. The Kier molecular flexibility index (Phi) is 8.17. The summed E-state index contributed by atoms with van der Waals surface area (Å²) in [5.41, 5.74) is 4.15. The van der Waals surface area contributed by atoms with Gasteiger partial charge in [-0.1, -0.05) is 36.7 Å². The largest absolute Gasteiger partial charge is 0.369 e. The summed E-state index contributed by atoms with van der Waals surface area (Å²) in [4.78, 5) is 14.1. The molecule has 0 spiro atoms. The van der Waals surface area contributed by atoms with E-state index in [2.05, 4.69) is 57.3 Å². The SMILES string of the molecule is CCc1cc(N2CCN(C)CC2)ccc1Cc1ncc(Cl)c(Nc2ccccc2S(=O)(=O)C(C)C)n1. The highest BCUT2D eigenvalue weighted by Gasteiger charge is 2.23. The molecule has 0 aliphatic carbocycles. The summed E-state index contributed by atoms with van der Waals surface area (Å²) in [6.45, 7) is 9.70. The number of nitrogens with zero attached hydrogens (tertiary/aromatic N) is 4. The maximum absolute atomic E-state index is 12.9. The van der Waals surface area contributed by atoms with E-state index in [-0.39, 0.29) is 4.90 Å². The van der Waals surface area contributed by atoms with Gasteiger partial charge >= 0.3 is 0 Å². The van der Waals surface area contributed by atoms with E-state index in [1.807, 2.05) is 0 Å². The second-order valence-electron chi connectivity index (χ2n) is 9.47. The summed E-state index contributed by atoms with van der Waals surface area (Å²) in [7, 11) is -1.32. The first-order chi connectivity index (χ1) is 17.2. The Balaban J connectivity index is 1.58. The highest BCUT2D eigenvalue weighted by Crippen LogP contribution is 2.30. The van der Waals surface area contributed by atoms with Gasteiger partial charge in [0, 0.05) is 38.3 Å². The van der Waals surface area contributed by atoms with Crippen LogP contribution in [0.4, 0.5) is 17.2 Å². The molecule has 36 heavy (non-hydrogen) atoms. The highest BCUT2D eigenvalue weighted by atomic mass is 35.5. The number of piperazine rings is 1. The van der Waals surface area contributed by atoms with Crippen molar-refractivity contribution in [3.63, 3.8) is 0 Å². The van der Waals surface area contributed by atoms with Crippen LogP contribution in [0.2, 0.25) is 5.02 Å². The van der Waals surface area contributed by atoms with E-state index in [1.54, 1.807) is 44.3 Å². The maximum Gasteiger partial charge on any atom is 0.182 e. The van der Waals surface area contributed by atoms with Crippen molar-refractivity contribution >= 4 is 38.6 Å². The van der Waals surface area contributed by atoms with Crippen LogP contribution < -0.4 is 10.2 Å². The van der Waals surface area contributed by atoms with Crippen molar-refractivity contribution in [2.75, 3.05) is 43.4 Å². The molecular weight excluding hydrogens is 494 g/mol. The first-order valence-electron chi connectivity index (χ1n) is 12.4. The zero-order valence-corrected chi connectivity index (χ0v) is 22.9.